The summed E-state index contributed by atoms with van der Waals surface area (Å²) >= 11 is 7.87. The van der Waals surface area contributed by atoms with Gasteiger partial charge in [-0.15, -0.1) is 11.3 Å². The lowest BCUT2D eigenvalue weighted by Gasteiger charge is -1.95. The number of halogens is 2. The third-order valence-corrected chi connectivity index (χ3v) is 5.25. The van der Waals surface area contributed by atoms with Gasteiger partial charge in [-0.05, 0) is 47.2 Å². The first-order chi connectivity index (χ1) is 6.22. The molecule has 0 N–H and O–H groups in total. The van der Waals surface area contributed by atoms with Crippen LogP contribution in [0.15, 0.2) is 22.7 Å². The van der Waals surface area contributed by atoms with Crippen LogP contribution in [0.1, 0.15) is 11.8 Å². The summed E-state index contributed by atoms with van der Waals surface area (Å²) in [5.41, 5.74) is 0. The molecule has 3 heteroatoms. The Morgan fingerprint density at radius 2 is 2.23 bits per heavy atom. The van der Waals surface area contributed by atoms with Gasteiger partial charge in [0.05, 0.1) is 0 Å². The van der Waals surface area contributed by atoms with E-state index in [1.807, 2.05) is 11.3 Å². The van der Waals surface area contributed by atoms with E-state index in [-0.39, 0.29) is 0 Å². The summed E-state index contributed by atoms with van der Waals surface area (Å²) in [6.45, 7) is 2.20. The monoisotopic (exact) mass is 366 g/mol. The molecule has 0 saturated heterocycles. The van der Waals surface area contributed by atoms with Gasteiger partial charge in [0.2, 0.25) is 0 Å². The highest BCUT2D eigenvalue weighted by Gasteiger charge is 2.06. The molecule has 2 aromatic rings. The lowest BCUT2D eigenvalue weighted by Crippen LogP contribution is -1.71. The summed E-state index contributed by atoms with van der Waals surface area (Å²) < 4.78 is 3.96. The van der Waals surface area contributed by atoms with Gasteiger partial charge in [-0.2, -0.15) is 0 Å². The summed E-state index contributed by atoms with van der Waals surface area (Å²) in [5.74, 6) is 0. The lowest BCUT2D eigenvalue weighted by molar-refractivity contribution is 1.19. The number of hydrogen-bond donors (Lipinski definition) is 0. The van der Waals surface area contributed by atoms with Gasteiger partial charge in [-0.25, -0.2) is 0 Å². The maximum Gasteiger partial charge on any atom is 0.0490 e. The fraction of sp³-hybridized carbons (Fsp3) is 0.200. The van der Waals surface area contributed by atoms with Crippen LogP contribution in [0.4, 0.5) is 0 Å². The van der Waals surface area contributed by atoms with Gasteiger partial charge in [0, 0.05) is 23.0 Å². The van der Waals surface area contributed by atoms with Gasteiger partial charge in [-0.3, -0.25) is 0 Å². The zero-order valence-corrected chi connectivity index (χ0v) is 11.7. The van der Waals surface area contributed by atoms with Gasteiger partial charge < -0.3 is 0 Å². The van der Waals surface area contributed by atoms with E-state index in [1.165, 1.54) is 23.0 Å². The summed E-state index contributed by atoms with van der Waals surface area (Å²) in [5, 5.41) is 1.36. The Morgan fingerprint density at radius 1 is 1.46 bits per heavy atom. The molecule has 13 heavy (non-hydrogen) atoms. The van der Waals surface area contributed by atoms with Crippen LogP contribution in [0.3, 0.4) is 0 Å². The molecule has 68 valence electrons. The van der Waals surface area contributed by atoms with Crippen LogP contribution in [0.2, 0.25) is 0 Å². The molecule has 0 unspecified atom stereocenters. The first-order valence-corrected chi connectivity index (χ1v) is 6.77. The molecule has 1 heterocycles. The zero-order chi connectivity index (χ0) is 9.42. The predicted molar refractivity (Wildman–Crippen MR) is 71.6 cm³/mol. The summed E-state index contributed by atoms with van der Waals surface area (Å²) in [7, 11) is 0. The smallest absolute Gasteiger partial charge is 0.0490 e. The third kappa shape index (κ3) is 1.78. The fourth-order valence-corrected chi connectivity index (χ4v) is 3.69. The number of rotatable bonds is 1. The highest BCUT2D eigenvalue weighted by atomic mass is 127. The van der Waals surface area contributed by atoms with Crippen molar-refractivity contribution in [2.45, 2.75) is 13.3 Å². The highest BCUT2D eigenvalue weighted by molar-refractivity contribution is 14.1. The van der Waals surface area contributed by atoms with Crippen molar-refractivity contribution in [3.63, 3.8) is 0 Å². The highest BCUT2D eigenvalue weighted by Crippen LogP contribution is 2.34. The summed E-state index contributed by atoms with van der Waals surface area (Å²) in [6, 6.07) is 6.56. The SMILES string of the molecule is CCc1cc2c(Br)ccc(I)c2s1. The second-order valence-electron chi connectivity index (χ2n) is 2.84. The number of aryl methyl sites for hydroxylation is 1. The molecule has 1 aromatic carbocycles. The molecule has 0 fully saturated rings. The minimum atomic E-state index is 1.13. The van der Waals surface area contributed by atoms with Crippen molar-refractivity contribution in [1.29, 1.82) is 0 Å². The van der Waals surface area contributed by atoms with Crippen molar-refractivity contribution in [3.8, 4) is 0 Å². The molecule has 0 radical (unpaired) electrons. The second-order valence-corrected chi connectivity index (χ2v) is 5.99. The Balaban J connectivity index is 2.80. The van der Waals surface area contributed by atoms with Crippen molar-refractivity contribution in [2.24, 2.45) is 0 Å². The molecule has 0 amide bonds. The lowest BCUT2D eigenvalue weighted by atomic mass is 10.2. The van der Waals surface area contributed by atoms with Gasteiger partial charge in [0.15, 0.2) is 0 Å². The Morgan fingerprint density at radius 3 is 2.85 bits per heavy atom. The van der Waals surface area contributed by atoms with E-state index in [4.69, 9.17) is 0 Å². The molecule has 0 aliphatic rings. The van der Waals surface area contributed by atoms with E-state index in [2.05, 4.69) is 63.6 Å². The van der Waals surface area contributed by atoms with Crippen molar-refractivity contribution in [2.75, 3.05) is 0 Å². The zero-order valence-electron chi connectivity index (χ0n) is 7.10. The number of benzene rings is 1. The second kappa shape index (κ2) is 3.87. The number of thiophene rings is 1. The van der Waals surface area contributed by atoms with Gasteiger partial charge in [0.25, 0.3) is 0 Å². The Kier molecular flexibility index (Phi) is 2.95. The van der Waals surface area contributed by atoms with Crippen LogP contribution in [0.25, 0.3) is 10.1 Å². The van der Waals surface area contributed by atoms with Gasteiger partial charge in [0.1, 0.15) is 0 Å². The number of hydrogen-bond acceptors (Lipinski definition) is 1. The topological polar surface area (TPSA) is 0 Å². The average Bonchev–Trinajstić information content (AvgIpc) is 2.56. The largest absolute Gasteiger partial charge is 0.139 e. The molecule has 0 spiro atoms. The Labute approximate surface area is 104 Å². The van der Waals surface area contributed by atoms with Crippen LogP contribution in [-0.2, 0) is 6.42 Å². The fourth-order valence-electron chi connectivity index (χ4n) is 1.28. The molecule has 0 atom stereocenters. The van der Waals surface area contributed by atoms with E-state index < -0.39 is 0 Å². The van der Waals surface area contributed by atoms with Gasteiger partial charge >= 0.3 is 0 Å². The van der Waals surface area contributed by atoms with Crippen LogP contribution in [-0.4, -0.2) is 0 Å². The quantitative estimate of drug-likeness (QED) is 0.634. The molecule has 0 saturated carbocycles. The maximum absolute atomic E-state index is 3.58. The van der Waals surface area contributed by atoms with Crippen LogP contribution >= 0.6 is 49.9 Å². The van der Waals surface area contributed by atoms with E-state index in [9.17, 15) is 0 Å². The van der Waals surface area contributed by atoms with Crippen molar-refractivity contribution in [3.05, 3.63) is 31.1 Å². The van der Waals surface area contributed by atoms with Crippen LogP contribution < -0.4 is 0 Å². The van der Waals surface area contributed by atoms with E-state index in [0.717, 1.165) is 6.42 Å². The molecule has 2 rings (SSSR count). The number of fused-ring (bicyclic) bond motifs is 1. The molecule has 0 aliphatic heterocycles. The first kappa shape index (κ1) is 9.93. The predicted octanol–water partition coefficient (Wildman–Crippen LogP) is 4.83. The summed E-state index contributed by atoms with van der Waals surface area (Å²) in [6.07, 6.45) is 1.13. The van der Waals surface area contributed by atoms with Crippen LogP contribution in [0.5, 0.6) is 0 Å². The van der Waals surface area contributed by atoms with Gasteiger partial charge in [-0.1, -0.05) is 22.9 Å². The Hall–Kier alpha value is 0.390. The molecule has 1 aromatic heterocycles. The Bertz CT molecular complexity index is 408. The minimum Gasteiger partial charge on any atom is -0.139 e. The first-order valence-electron chi connectivity index (χ1n) is 4.08. The average molecular weight is 367 g/mol. The molecular formula is C10H8BrIS. The minimum absolute atomic E-state index is 1.13. The van der Waals surface area contributed by atoms with Crippen LogP contribution in [0, 0.1) is 3.57 Å². The normalized spacial score (nSPS) is 11.0. The van der Waals surface area contributed by atoms with Crippen molar-refractivity contribution >= 4 is 59.9 Å². The van der Waals surface area contributed by atoms with E-state index >= 15 is 0 Å². The molecular weight excluding hydrogens is 359 g/mol. The molecule has 0 nitrogen and oxygen atoms in total. The summed E-state index contributed by atoms with van der Waals surface area (Å²) in [4.78, 5) is 1.46. The standard InChI is InChI=1S/C10H8BrIS/c1-2-6-5-7-8(11)3-4-9(12)10(7)13-6/h3-5H,2H2,1H3. The molecule has 0 bridgehead atoms. The van der Waals surface area contributed by atoms with Crippen molar-refractivity contribution in [1.82, 2.24) is 0 Å². The van der Waals surface area contributed by atoms with E-state index in [0.29, 0.717) is 0 Å². The van der Waals surface area contributed by atoms with E-state index in [1.54, 1.807) is 0 Å². The molecule has 0 aliphatic carbocycles. The third-order valence-electron chi connectivity index (χ3n) is 1.98. The maximum atomic E-state index is 3.58. The van der Waals surface area contributed by atoms with Crippen molar-refractivity contribution < 1.29 is 0 Å².